The highest BCUT2D eigenvalue weighted by molar-refractivity contribution is 6.10. The fourth-order valence-corrected chi connectivity index (χ4v) is 7.24. The zero-order valence-corrected chi connectivity index (χ0v) is 31.3. The van der Waals surface area contributed by atoms with Crippen LogP contribution in [0.3, 0.4) is 0 Å². The number of nitrogens with zero attached hydrogens (tertiary/aromatic N) is 1. The molecule has 0 amide bonds. The van der Waals surface area contributed by atoms with Crippen molar-refractivity contribution in [2.24, 2.45) is 4.99 Å². The van der Waals surface area contributed by atoms with Gasteiger partial charge in [-0.3, -0.25) is 4.99 Å². The Morgan fingerprint density at radius 3 is 1.98 bits per heavy atom. The van der Waals surface area contributed by atoms with Crippen molar-refractivity contribution in [1.82, 2.24) is 15.0 Å². The third-order valence-corrected chi connectivity index (χ3v) is 9.90. The lowest BCUT2D eigenvalue weighted by atomic mass is 9.92. The maximum Gasteiger partial charge on any atom is 0.355 e. The lowest BCUT2D eigenvalue weighted by Gasteiger charge is -2.19. The van der Waals surface area contributed by atoms with E-state index < -0.39 is 11.2 Å². The van der Waals surface area contributed by atoms with Crippen molar-refractivity contribution in [3.63, 3.8) is 0 Å². The SMILES string of the molecule is CCC1=C(C)/C(=C\c2[nH]c(Cc3[nH]c(C(=O)OC(C)(C)C)c(CC)c3C)c(C)c2C)N=C1C1CCc2c1[nH]c(C(=O)OC(C)(C)C)c2C. The summed E-state index contributed by atoms with van der Waals surface area (Å²) in [6.07, 6.45) is 6.33. The molecule has 0 fully saturated rings. The molecule has 8 heteroatoms. The molecule has 2 aliphatic rings. The molecule has 0 spiro atoms. The number of H-pyrrole nitrogens is 3. The van der Waals surface area contributed by atoms with Crippen molar-refractivity contribution >= 4 is 23.7 Å². The number of carbonyl (C=O) groups is 2. The first kappa shape index (κ1) is 35.2. The van der Waals surface area contributed by atoms with E-state index in [9.17, 15) is 9.59 Å². The van der Waals surface area contributed by atoms with Crippen LogP contribution in [-0.4, -0.2) is 43.8 Å². The van der Waals surface area contributed by atoms with E-state index >= 15 is 0 Å². The van der Waals surface area contributed by atoms with Gasteiger partial charge in [0.25, 0.3) is 0 Å². The molecule has 0 bridgehead atoms. The van der Waals surface area contributed by atoms with Gasteiger partial charge in [0, 0.05) is 35.1 Å². The molecule has 48 heavy (non-hydrogen) atoms. The molecule has 3 N–H and O–H groups in total. The number of esters is 2. The van der Waals surface area contributed by atoms with Gasteiger partial charge in [0.15, 0.2) is 0 Å². The summed E-state index contributed by atoms with van der Waals surface area (Å²) in [5.74, 6) is -0.512. The van der Waals surface area contributed by atoms with Crippen LogP contribution >= 0.6 is 0 Å². The minimum absolute atomic E-state index is 0.107. The van der Waals surface area contributed by atoms with Gasteiger partial charge in [-0.2, -0.15) is 0 Å². The van der Waals surface area contributed by atoms with Gasteiger partial charge >= 0.3 is 11.9 Å². The molecule has 1 unspecified atom stereocenters. The summed E-state index contributed by atoms with van der Waals surface area (Å²) in [6.45, 7) is 26.2. The Balaban J connectivity index is 1.46. The first-order valence-corrected chi connectivity index (χ1v) is 17.4. The van der Waals surface area contributed by atoms with E-state index in [0.29, 0.717) is 17.8 Å². The highest BCUT2D eigenvalue weighted by Gasteiger charge is 2.37. The average molecular weight is 655 g/mol. The van der Waals surface area contributed by atoms with Crippen LogP contribution in [0, 0.1) is 27.7 Å². The Bertz CT molecular complexity index is 1870. The molecule has 5 rings (SSSR count). The second-order valence-electron chi connectivity index (χ2n) is 15.5. The first-order valence-electron chi connectivity index (χ1n) is 17.4. The molecule has 0 radical (unpaired) electrons. The maximum atomic E-state index is 13.0. The molecule has 0 saturated carbocycles. The number of hydrogen-bond donors (Lipinski definition) is 3. The van der Waals surface area contributed by atoms with Crippen molar-refractivity contribution in [1.29, 1.82) is 0 Å². The van der Waals surface area contributed by atoms with Crippen molar-refractivity contribution in [2.75, 3.05) is 0 Å². The normalized spacial score (nSPS) is 17.4. The molecule has 3 aromatic heterocycles. The molecule has 1 aliphatic carbocycles. The third kappa shape index (κ3) is 6.63. The summed E-state index contributed by atoms with van der Waals surface area (Å²) >= 11 is 0. The number of ether oxygens (including phenoxy) is 2. The van der Waals surface area contributed by atoms with E-state index in [0.717, 1.165) is 76.6 Å². The fraction of sp³-hybridized carbons (Fsp3) is 0.525. The summed E-state index contributed by atoms with van der Waals surface area (Å²) in [7, 11) is 0. The predicted octanol–water partition coefficient (Wildman–Crippen LogP) is 9.22. The van der Waals surface area contributed by atoms with Gasteiger partial charge in [-0.05, 0) is 152 Å². The summed E-state index contributed by atoms with van der Waals surface area (Å²) in [5, 5.41) is 0. The molecule has 258 valence electrons. The van der Waals surface area contributed by atoms with E-state index in [2.05, 4.69) is 62.6 Å². The van der Waals surface area contributed by atoms with Crippen LogP contribution in [-0.2, 0) is 28.7 Å². The second-order valence-corrected chi connectivity index (χ2v) is 15.5. The van der Waals surface area contributed by atoms with Gasteiger partial charge in [-0.1, -0.05) is 13.8 Å². The van der Waals surface area contributed by atoms with E-state index in [-0.39, 0.29) is 17.9 Å². The van der Waals surface area contributed by atoms with Crippen molar-refractivity contribution in [2.45, 2.75) is 139 Å². The number of nitrogens with one attached hydrogen (secondary N) is 3. The molecule has 3 aromatic rings. The second kappa shape index (κ2) is 12.8. The maximum absolute atomic E-state index is 13.0. The smallest absolute Gasteiger partial charge is 0.355 e. The van der Waals surface area contributed by atoms with Crippen LogP contribution < -0.4 is 0 Å². The topological polar surface area (TPSA) is 112 Å². The molecular formula is C40H54N4O4. The van der Waals surface area contributed by atoms with Gasteiger partial charge in [0.05, 0.1) is 11.4 Å². The van der Waals surface area contributed by atoms with E-state index in [4.69, 9.17) is 14.5 Å². The van der Waals surface area contributed by atoms with Crippen molar-refractivity contribution in [3.05, 3.63) is 84.4 Å². The number of hydrogen-bond acceptors (Lipinski definition) is 5. The quantitative estimate of drug-likeness (QED) is 0.210. The van der Waals surface area contributed by atoms with Crippen molar-refractivity contribution < 1.29 is 19.1 Å². The molecule has 8 nitrogen and oxygen atoms in total. The van der Waals surface area contributed by atoms with E-state index in [1.165, 1.54) is 27.8 Å². The number of rotatable bonds is 8. The Kier molecular flexibility index (Phi) is 9.36. The van der Waals surface area contributed by atoms with Gasteiger partial charge in [-0.25, -0.2) is 9.59 Å². The van der Waals surface area contributed by atoms with Crippen LogP contribution in [0.5, 0.6) is 0 Å². The summed E-state index contributed by atoms with van der Waals surface area (Å²) in [4.78, 5) is 41.9. The number of aromatic nitrogens is 3. The average Bonchev–Trinajstić information content (AvgIpc) is 3.75. The Morgan fingerprint density at radius 2 is 1.40 bits per heavy atom. The molecule has 1 aliphatic heterocycles. The zero-order chi connectivity index (χ0) is 35.5. The van der Waals surface area contributed by atoms with Gasteiger partial charge in [0.1, 0.15) is 22.6 Å². The molecule has 4 heterocycles. The van der Waals surface area contributed by atoms with Crippen LogP contribution in [0.4, 0.5) is 0 Å². The molecule has 0 aromatic carbocycles. The number of fused-ring (bicyclic) bond motifs is 1. The Hall–Kier alpha value is -4.07. The molecule has 0 saturated heterocycles. The minimum atomic E-state index is -0.562. The first-order chi connectivity index (χ1) is 22.3. The molecular weight excluding hydrogens is 600 g/mol. The third-order valence-electron chi connectivity index (χ3n) is 9.90. The Morgan fingerprint density at radius 1 is 0.792 bits per heavy atom. The zero-order valence-electron chi connectivity index (χ0n) is 31.3. The standard InChI is InChI=1S/C40H54N4O4/c1-14-25-22(5)31(42-34(25)28-17-16-27-24(7)33(44-35(27)28)37(45)47-39(8,9)10)18-29-20(3)21(4)30(41-29)19-32-23(6)26(15-2)36(43-32)38(46)48-40(11,12)13/h18,28,41,43-44H,14-17,19H2,1-13H3/b31-18+. The van der Waals surface area contributed by atoms with Gasteiger partial charge < -0.3 is 24.4 Å². The lowest BCUT2D eigenvalue weighted by Crippen LogP contribution is -2.24. The number of allylic oxidation sites excluding steroid dienone is 2. The largest absolute Gasteiger partial charge is 0.455 e. The van der Waals surface area contributed by atoms with Crippen molar-refractivity contribution in [3.8, 4) is 0 Å². The number of carbonyl (C=O) groups excluding carboxylic acids is 2. The van der Waals surface area contributed by atoms with Crippen LogP contribution in [0.2, 0.25) is 0 Å². The minimum Gasteiger partial charge on any atom is -0.455 e. The predicted molar refractivity (Wildman–Crippen MR) is 193 cm³/mol. The summed E-state index contributed by atoms with van der Waals surface area (Å²) in [6, 6.07) is 0. The highest BCUT2D eigenvalue weighted by Crippen LogP contribution is 2.43. The van der Waals surface area contributed by atoms with E-state index in [1.807, 2.05) is 48.5 Å². The van der Waals surface area contributed by atoms with Crippen LogP contribution in [0.15, 0.2) is 21.8 Å². The van der Waals surface area contributed by atoms with Gasteiger partial charge in [-0.15, -0.1) is 0 Å². The monoisotopic (exact) mass is 654 g/mol. The molecule has 1 atom stereocenters. The van der Waals surface area contributed by atoms with E-state index in [1.54, 1.807) is 0 Å². The summed E-state index contributed by atoms with van der Waals surface area (Å²) < 4.78 is 11.4. The highest BCUT2D eigenvalue weighted by atomic mass is 16.6. The lowest BCUT2D eigenvalue weighted by molar-refractivity contribution is 0.00499. The van der Waals surface area contributed by atoms with Gasteiger partial charge in [0.2, 0.25) is 0 Å². The fourth-order valence-electron chi connectivity index (χ4n) is 7.24. The summed E-state index contributed by atoms with van der Waals surface area (Å²) in [5.41, 5.74) is 15.5. The van der Waals surface area contributed by atoms with Crippen LogP contribution in [0.25, 0.3) is 6.08 Å². The Labute approximate surface area is 285 Å². The number of aromatic amines is 3. The number of aliphatic imine (C=N–C) groups is 1. The van der Waals surface area contributed by atoms with Crippen LogP contribution in [0.1, 0.15) is 158 Å².